The maximum Gasteiger partial charge on any atom is 3.00 e. The average Bonchev–Trinajstić information content (AvgIpc) is 2.83. The molecule has 5 heteroatoms. The summed E-state index contributed by atoms with van der Waals surface area (Å²) in [5, 5.41) is 38.7. The van der Waals surface area contributed by atoms with Gasteiger partial charge in [-0.3, -0.25) is 0 Å². The molecule has 41 heavy (non-hydrogen) atoms. The largest absolute Gasteiger partial charge is 3.00 e. The molecule has 0 spiro atoms. The fourth-order valence-electron chi connectivity index (χ4n) is 3.86. The maximum absolute atomic E-state index is 10.1. The molecule has 0 heterocycles. The van der Waals surface area contributed by atoms with E-state index in [1.165, 1.54) is 0 Å². The van der Waals surface area contributed by atoms with E-state index < -0.39 is 0 Å². The maximum atomic E-state index is 10.1. The number of benzene rings is 3. The van der Waals surface area contributed by atoms with Gasteiger partial charge >= 0.3 is 16.8 Å². The van der Waals surface area contributed by atoms with Gasteiger partial charge in [-0.1, -0.05) is 95.2 Å². The monoisotopic (exact) mass is 600 g/mol. The van der Waals surface area contributed by atoms with E-state index >= 15 is 0 Å². The van der Waals surface area contributed by atoms with E-state index in [0.717, 1.165) is 34.7 Å². The smallest absolute Gasteiger partial charge is 0.810 e. The first-order valence-electron chi connectivity index (χ1n) is 13.8. The van der Waals surface area contributed by atoms with Gasteiger partial charge in [-0.05, 0) is 56.0 Å². The summed E-state index contributed by atoms with van der Waals surface area (Å²) >= 11 is 0. The molecule has 224 valence electrons. The average molecular weight is 601 g/mol. The number of hydrogen-bond donors (Lipinski definition) is 2. The van der Waals surface area contributed by atoms with Crippen LogP contribution in [0.25, 0.3) is 10.8 Å². The summed E-state index contributed by atoms with van der Waals surface area (Å²) in [6.45, 7) is 25.0. The van der Waals surface area contributed by atoms with E-state index in [-0.39, 0.29) is 49.9 Å². The van der Waals surface area contributed by atoms with Crippen molar-refractivity contribution < 1.29 is 27.0 Å². The zero-order valence-electron chi connectivity index (χ0n) is 27.0. The molecule has 0 unspecified atom stereocenters. The van der Waals surface area contributed by atoms with Crippen LogP contribution in [0.2, 0.25) is 0 Å². The Bertz CT molecular complexity index is 1160. The molecule has 0 fully saturated rings. The van der Waals surface area contributed by atoms with Gasteiger partial charge in [-0.15, -0.1) is 0 Å². The third-order valence-corrected chi connectivity index (χ3v) is 6.51. The Hall–Kier alpha value is -2.89. The van der Waals surface area contributed by atoms with Crippen LogP contribution >= 0.6 is 0 Å². The van der Waals surface area contributed by atoms with Crippen molar-refractivity contribution in [3.8, 4) is 11.5 Å². The number of aromatic hydroxyl groups is 2. The summed E-state index contributed by atoms with van der Waals surface area (Å²) in [5.41, 5.74) is 4.62. The Morgan fingerprint density at radius 3 is 1.02 bits per heavy atom. The van der Waals surface area contributed by atoms with Gasteiger partial charge < -0.3 is 21.0 Å². The molecule has 0 bridgehead atoms. The summed E-state index contributed by atoms with van der Waals surface area (Å²) in [5.74, 6) is 0.348. The van der Waals surface area contributed by atoms with Crippen LogP contribution in [0.15, 0.2) is 54.6 Å². The molecule has 0 saturated heterocycles. The molecule has 0 aromatic heterocycles. The zero-order valence-corrected chi connectivity index (χ0v) is 28.0. The molecule has 0 saturated carbocycles. The minimum Gasteiger partial charge on any atom is -0.810 e. The third kappa shape index (κ3) is 11.5. The van der Waals surface area contributed by atoms with Gasteiger partial charge in [0.25, 0.3) is 0 Å². The van der Waals surface area contributed by atoms with Gasteiger partial charge in [0, 0.05) is 11.1 Å². The van der Waals surface area contributed by atoms with Crippen LogP contribution in [0.3, 0.4) is 0 Å². The van der Waals surface area contributed by atoms with Crippen LogP contribution < -0.4 is 0 Å². The van der Waals surface area contributed by atoms with Crippen molar-refractivity contribution >= 4 is 12.4 Å². The van der Waals surface area contributed by atoms with Crippen LogP contribution in [0.4, 0.5) is 0 Å². The third-order valence-electron chi connectivity index (χ3n) is 6.51. The molecular weight excluding hydrogens is 551 g/mol. The van der Waals surface area contributed by atoms with Crippen molar-refractivity contribution in [1.82, 2.24) is 0 Å². The summed E-state index contributed by atoms with van der Waals surface area (Å²) in [7, 11) is 0. The summed E-state index contributed by atoms with van der Waals surface area (Å²) in [6, 6.07) is 20.2. The van der Waals surface area contributed by atoms with Gasteiger partial charge in [0.15, 0.2) is 0 Å². The fraction of sp³-hybridized carbons (Fsp3) is 0.444. The summed E-state index contributed by atoms with van der Waals surface area (Å²) in [6.07, 6.45) is 1.94. The second-order valence-electron chi connectivity index (χ2n) is 14.3. The van der Waals surface area contributed by atoms with Gasteiger partial charge in [0.2, 0.25) is 0 Å². The predicted molar refractivity (Wildman–Crippen MR) is 173 cm³/mol. The molecule has 3 aromatic carbocycles. The van der Waals surface area contributed by atoms with Crippen molar-refractivity contribution in [3.63, 3.8) is 0 Å². The van der Waals surface area contributed by atoms with Crippen LogP contribution in [0.1, 0.15) is 116 Å². The number of hydrogen-bond acceptors (Lipinski definition) is 2. The van der Waals surface area contributed by atoms with E-state index in [9.17, 15) is 21.0 Å². The first kappa shape index (κ1) is 38.1. The Morgan fingerprint density at radius 1 is 0.537 bits per heavy atom. The van der Waals surface area contributed by atoms with Gasteiger partial charge in [-0.2, -0.15) is 48.8 Å². The first-order chi connectivity index (χ1) is 18.1. The minimum absolute atomic E-state index is 0. The Balaban J connectivity index is 0.000000635. The van der Waals surface area contributed by atoms with Gasteiger partial charge in [-0.25, -0.2) is 0 Å². The van der Waals surface area contributed by atoms with Crippen LogP contribution in [0.5, 0.6) is 11.5 Å². The number of phenolic OH excluding ortho intramolecular Hbond substituents is 2. The summed E-state index contributed by atoms with van der Waals surface area (Å²) < 4.78 is 0. The Kier molecular flexibility index (Phi) is 13.8. The molecule has 4 nitrogen and oxygen atoms in total. The molecule has 3 aromatic rings. The molecule has 0 aliphatic rings. The molecule has 0 aliphatic carbocycles. The van der Waals surface area contributed by atoms with Crippen molar-refractivity contribution in [3.05, 3.63) is 105 Å². The predicted octanol–water partition coefficient (Wildman–Crippen LogP) is 9.44. The van der Waals surface area contributed by atoms with E-state index in [2.05, 4.69) is 89.2 Å². The van der Waals surface area contributed by atoms with Crippen LogP contribution in [0, 0.1) is 6.07 Å². The van der Waals surface area contributed by atoms with Crippen LogP contribution in [-0.2, 0) is 38.4 Å². The number of rotatable bonds is 2. The topological polar surface area (TPSA) is 85.1 Å². The van der Waals surface area contributed by atoms with Gasteiger partial charge in [0.05, 0.1) is 0 Å². The van der Waals surface area contributed by atoms with E-state index in [1.807, 2.05) is 54.6 Å². The second kappa shape index (κ2) is 14.8. The molecule has 0 amide bonds. The van der Waals surface area contributed by atoms with Crippen molar-refractivity contribution in [1.29, 1.82) is 0 Å². The minimum atomic E-state index is -0.150. The van der Waals surface area contributed by atoms with E-state index in [0.29, 0.717) is 11.1 Å². The van der Waals surface area contributed by atoms with Crippen molar-refractivity contribution in [2.75, 3.05) is 0 Å². The van der Waals surface area contributed by atoms with E-state index in [1.54, 1.807) is 0 Å². The number of phenols is 2. The number of nitrogens with zero attached hydrogens (tertiary/aromatic N) is 2. The fourth-order valence-corrected chi connectivity index (χ4v) is 3.86. The van der Waals surface area contributed by atoms with Gasteiger partial charge in [0.1, 0.15) is 11.5 Å². The van der Waals surface area contributed by atoms with E-state index in [4.69, 9.17) is 0 Å². The molecule has 0 atom stereocenters. The van der Waals surface area contributed by atoms with Crippen molar-refractivity contribution in [2.45, 2.75) is 105 Å². The first-order valence-corrected chi connectivity index (χ1v) is 13.8. The quantitative estimate of drug-likeness (QED) is 0.227. The Morgan fingerprint density at radius 2 is 0.854 bits per heavy atom. The summed E-state index contributed by atoms with van der Waals surface area (Å²) in [4.78, 5) is 0. The molecule has 3 rings (SSSR count). The standard InChI is InChI=1S/2C15H22NO.C6H5.Co/c2*1-14(2,3)11-7-10(9-16)13(17)12(8-11)15(4,5)6;1-2-4-6-5-3-1;/h2*7-9,17H,1-6H3;1-5H;/q3*-1;+3. The SMILES string of the molecule is CC(C)(C)c1cc(C=[N-])c(O)c(C(C)(C)C)c1.CC(C)(C)c1cc(C=[N-])c(O)c(C(C)(C)C)c1.[Co+3].[c-]1ccccc1. The van der Waals surface area contributed by atoms with Crippen LogP contribution in [-0.4, -0.2) is 22.6 Å². The normalized spacial score (nSPS) is 11.6. The molecule has 2 N–H and O–H groups in total. The molecule has 0 radical (unpaired) electrons. The van der Waals surface area contributed by atoms with Crippen molar-refractivity contribution in [2.24, 2.45) is 0 Å². The zero-order chi connectivity index (χ0) is 31.1. The second-order valence-corrected chi connectivity index (χ2v) is 14.3. The molecular formula is C36H49CoN2O2. The molecule has 0 aliphatic heterocycles. The Labute approximate surface area is 259 Å².